The Morgan fingerprint density at radius 3 is 1.34 bits per heavy atom. The molecule has 0 fully saturated rings. The molecule has 133 heavy (non-hydrogen) atoms. The zero-order valence-electron chi connectivity index (χ0n) is 72.4. The Bertz CT molecular complexity index is 8220. The topological polar surface area (TPSA) is 279 Å². The van der Waals surface area contributed by atoms with Gasteiger partial charge < -0.3 is 20.6 Å². The minimum Gasteiger partial charge on any atom is -0.504 e. The highest BCUT2D eigenvalue weighted by molar-refractivity contribution is 6.34. The van der Waals surface area contributed by atoms with Crippen molar-refractivity contribution in [1.29, 1.82) is 0 Å². The SMILES string of the molecule is CCc1cncc(-c2ccc3[nH]nc(/C=C/c4ccccc4)c3c2)c1Cl.COc1c(O)cccc1-c1ccc2[nH]nc(-c3nc4ccccc4[nH]3)c2c1.Cc1ccncc1-c1ccc2[nH]nc(/C=C/c3ccccc3)c2c1.Fc1cccc2cncc(-c3ccc4[nH]nc(/C=C/c5ccccc5)c4c3)c12.Nc1cccc2c(-c3ccc4[nH]nc(/C=C/c5ccccc5)c4c3)cncc12. The van der Waals surface area contributed by atoms with E-state index in [0.29, 0.717) is 17.0 Å². The second-order valence-corrected chi connectivity index (χ2v) is 32.0. The van der Waals surface area contributed by atoms with Crippen LogP contribution in [0.25, 0.3) is 203 Å². The quantitative estimate of drug-likeness (QED) is 0.0418. The van der Waals surface area contributed by atoms with Gasteiger partial charge in [0.15, 0.2) is 17.3 Å². The van der Waals surface area contributed by atoms with Crippen LogP contribution in [-0.2, 0) is 6.42 Å². The molecule has 19 nitrogen and oxygen atoms in total. The number of anilines is 1. The molecule has 0 bridgehead atoms. The normalized spacial score (nSPS) is 11.5. The number of H-pyrrole nitrogens is 6. The monoisotopic (exact) mass is 1750 g/mol. The number of nitrogens with two attached hydrogens (primary N) is 1. The van der Waals surface area contributed by atoms with Crippen molar-refractivity contribution in [2.75, 3.05) is 12.8 Å². The van der Waals surface area contributed by atoms with Gasteiger partial charge in [-0.3, -0.25) is 45.4 Å². The number of phenolic OH excluding ortho intramolecular Hbond substituents is 1. The number of para-hydroxylation sites is 3. The lowest BCUT2D eigenvalue weighted by atomic mass is 9.98. The summed E-state index contributed by atoms with van der Waals surface area (Å²) in [5.41, 5.74) is 34.7. The third kappa shape index (κ3) is 18.6. The molecule has 0 aliphatic rings. The van der Waals surface area contributed by atoms with Gasteiger partial charge in [0, 0.05) is 126 Å². The van der Waals surface area contributed by atoms with E-state index in [1.807, 2.05) is 256 Å². The molecule has 0 unspecified atom stereocenters. The zero-order chi connectivity index (χ0) is 90.5. The maximum absolute atomic E-state index is 14.5. The van der Waals surface area contributed by atoms with Crippen molar-refractivity contribution in [3.8, 4) is 78.7 Å². The number of phenols is 1. The van der Waals surface area contributed by atoms with Gasteiger partial charge in [-0.2, -0.15) is 25.5 Å². The summed E-state index contributed by atoms with van der Waals surface area (Å²) in [6, 6.07) is 97.8. The lowest BCUT2D eigenvalue weighted by Crippen LogP contribution is -1.90. The van der Waals surface area contributed by atoms with E-state index in [-0.39, 0.29) is 11.6 Å². The fourth-order valence-electron chi connectivity index (χ4n) is 16.2. The Morgan fingerprint density at radius 1 is 0.376 bits per heavy atom. The number of nitrogens with zero attached hydrogens (tertiary/aromatic N) is 10. The zero-order valence-corrected chi connectivity index (χ0v) is 73.2. The number of benzene rings is 13. The number of aromatic hydroxyl groups is 1. The van der Waals surface area contributed by atoms with E-state index in [0.717, 1.165) is 211 Å². The Hall–Kier alpha value is -17.6. The number of aromatic nitrogens is 16. The molecule has 21 heteroatoms. The lowest BCUT2D eigenvalue weighted by molar-refractivity contribution is 0.375. The Morgan fingerprint density at radius 2 is 0.812 bits per heavy atom. The second-order valence-electron chi connectivity index (χ2n) is 31.6. The predicted octanol–water partition coefficient (Wildman–Crippen LogP) is 27.2. The molecule has 0 saturated carbocycles. The summed E-state index contributed by atoms with van der Waals surface area (Å²) in [4.78, 5) is 25.3. The highest BCUT2D eigenvalue weighted by Crippen LogP contribution is 2.42. The van der Waals surface area contributed by atoms with E-state index in [9.17, 15) is 9.50 Å². The molecule has 23 rings (SSSR count). The molecule has 0 aliphatic carbocycles. The van der Waals surface area contributed by atoms with E-state index in [1.165, 1.54) is 11.6 Å². The first-order chi connectivity index (χ1) is 65.4. The van der Waals surface area contributed by atoms with Crippen LogP contribution in [0, 0.1) is 12.7 Å². The van der Waals surface area contributed by atoms with Crippen molar-refractivity contribution < 1.29 is 14.2 Å². The fourth-order valence-corrected chi connectivity index (χ4v) is 16.6. The summed E-state index contributed by atoms with van der Waals surface area (Å²) in [7, 11) is 1.55. The molecule has 9 N–H and O–H groups in total. The third-order valence-corrected chi connectivity index (χ3v) is 23.6. The average molecular weight is 1760 g/mol. The molecule has 23 aromatic rings. The van der Waals surface area contributed by atoms with Gasteiger partial charge in [0.2, 0.25) is 0 Å². The van der Waals surface area contributed by atoms with E-state index in [1.54, 1.807) is 37.7 Å². The molecule has 644 valence electrons. The summed E-state index contributed by atoms with van der Waals surface area (Å²) >= 11 is 6.57. The van der Waals surface area contributed by atoms with Crippen LogP contribution in [0.15, 0.2) is 347 Å². The number of aryl methyl sites for hydroxylation is 2. The number of nitrogen functional groups attached to an aromatic ring is 1. The summed E-state index contributed by atoms with van der Waals surface area (Å²) in [5.74, 6) is 1.03. The second kappa shape index (κ2) is 38.9. The predicted molar refractivity (Wildman–Crippen MR) is 542 cm³/mol. The smallest absolute Gasteiger partial charge is 0.168 e. The van der Waals surface area contributed by atoms with Gasteiger partial charge in [-0.15, -0.1) is 0 Å². The third-order valence-electron chi connectivity index (χ3n) is 23.2. The Kier molecular flexibility index (Phi) is 24.8. The number of methoxy groups -OCH3 is 1. The van der Waals surface area contributed by atoms with Gasteiger partial charge in [0.25, 0.3) is 0 Å². The summed E-state index contributed by atoms with van der Waals surface area (Å²) in [6.07, 6.45) is 31.7. The summed E-state index contributed by atoms with van der Waals surface area (Å²) in [5, 5.41) is 57.1. The first kappa shape index (κ1) is 84.8. The van der Waals surface area contributed by atoms with Crippen LogP contribution < -0.4 is 10.5 Å². The van der Waals surface area contributed by atoms with Crippen molar-refractivity contribution in [1.82, 2.24) is 80.9 Å². The average Bonchev–Trinajstić information content (AvgIpc) is 1.58. The largest absolute Gasteiger partial charge is 0.504 e. The maximum Gasteiger partial charge on any atom is 0.168 e. The van der Waals surface area contributed by atoms with Gasteiger partial charge in [0.1, 0.15) is 11.5 Å². The molecule has 10 heterocycles. The van der Waals surface area contributed by atoms with Gasteiger partial charge in [-0.25, -0.2) is 9.37 Å². The highest BCUT2D eigenvalue weighted by Gasteiger charge is 2.20. The van der Waals surface area contributed by atoms with Crippen LogP contribution in [0.2, 0.25) is 5.02 Å². The molecular formula is C112H85ClFN17O2. The van der Waals surface area contributed by atoms with Crippen molar-refractivity contribution in [2.45, 2.75) is 20.3 Å². The number of rotatable bonds is 16. The van der Waals surface area contributed by atoms with Crippen molar-refractivity contribution in [3.63, 3.8) is 0 Å². The van der Waals surface area contributed by atoms with Gasteiger partial charge in [0.05, 0.1) is 73.5 Å². The van der Waals surface area contributed by atoms with Crippen LogP contribution >= 0.6 is 11.6 Å². The van der Waals surface area contributed by atoms with E-state index >= 15 is 0 Å². The molecule has 0 atom stereocenters. The Balaban J connectivity index is 0.000000107. The first-order valence-corrected chi connectivity index (χ1v) is 43.6. The fraction of sp³-hybridized carbons (Fsp3) is 0.0357. The highest BCUT2D eigenvalue weighted by atomic mass is 35.5. The minimum atomic E-state index is -0.244. The molecular weight excluding hydrogens is 1670 g/mol. The van der Waals surface area contributed by atoms with Crippen LogP contribution in [0.4, 0.5) is 10.1 Å². The first-order valence-electron chi connectivity index (χ1n) is 43.2. The van der Waals surface area contributed by atoms with Crippen molar-refractivity contribution >= 4 is 153 Å². The summed E-state index contributed by atoms with van der Waals surface area (Å²) in [6.45, 7) is 4.19. The molecule has 0 aliphatic heterocycles. The van der Waals surface area contributed by atoms with Gasteiger partial charge in [-0.05, 0) is 201 Å². The number of nitrogens with one attached hydrogen (secondary N) is 6. The maximum atomic E-state index is 14.5. The number of aromatic amines is 6. The van der Waals surface area contributed by atoms with E-state index in [2.05, 4.69) is 198 Å². The van der Waals surface area contributed by atoms with E-state index in [4.69, 9.17) is 22.1 Å². The number of hydrogen-bond donors (Lipinski definition) is 8. The molecule has 0 spiro atoms. The van der Waals surface area contributed by atoms with E-state index < -0.39 is 0 Å². The lowest BCUT2D eigenvalue weighted by Gasteiger charge is -2.10. The molecule has 0 amide bonds. The number of fused-ring (bicyclic) bond motifs is 8. The number of halogens is 2. The van der Waals surface area contributed by atoms with Crippen LogP contribution in [0.1, 0.15) is 63.1 Å². The summed E-state index contributed by atoms with van der Waals surface area (Å²) < 4.78 is 19.9. The standard InChI is InChI=1S/C24H16FN3.C24H18N4.C22H18ClN3.C21H16N4O2.C21H17N3/c25-21-8-4-7-18-14-26-15-20(24(18)21)17-10-12-23-19(13-17)22(27-28-23)11-9-16-5-2-1-3-6-16;25-22-8-4-7-18-20(14-26-15-21(18)22)17-10-12-24-19(13-17)23(27-28-24)11-9-16-5-2-1-3-6-16;1-2-16-13-24-14-19(22(16)23)17-9-11-21-18(12-17)20(25-26-21)10-8-15-6-4-3-5-7-15;1-27-20-13(5-4-8-18(20)26)12-9-10-15-14(11-12)19(25-24-15)21-22-16-6-2-3-7-17(16)23-21;1-15-11-12-22-14-19(15)17-8-10-21-18(13-17)20(23-24-21)9-7-16-5-3-2-4-6-16/h1-15H,(H,27,28);1-15H,25H2,(H,27,28);3-14H,2H2,1H3,(H,25,26);2-11,26H,1H3,(H,22,23)(H,24,25);2-14H,1H3,(H,23,24)/b2*11-9+;10-8+;;9-7+. The minimum absolute atomic E-state index is 0.111. The molecule has 0 saturated heterocycles. The molecule has 10 aromatic heterocycles. The van der Waals surface area contributed by atoms with Crippen molar-refractivity contribution in [3.05, 3.63) is 414 Å². The van der Waals surface area contributed by atoms with Crippen LogP contribution in [0.3, 0.4) is 0 Å². The van der Waals surface area contributed by atoms with Gasteiger partial charge in [-0.1, -0.05) is 243 Å². The number of pyridine rings is 4. The Labute approximate surface area is 768 Å². The number of imidazole rings is 1. The van der Waals surface area contributed by atoms with Crippen LogP contribution in [0.5, 0.6) is 11.5 Å². The number of ether oxygens (including phenoxy) is 1. The molecule has 0 radical (unpaired) electrons. The van der Waals surface area contributed by atoms with Crippen LogP contribution in [-0.4, -0.2) is 93.1 Å². The molecule has 13 aromatic carbocycles. The van der Waals surface area contributed by atoms with Crippen molar-refractivity contribution in [2.24, 2.45) is 0 Å². The number of hydrogen-bond acceptors (Lipinski definition) is 13. The van der Waals surface area contributed by atoms with Gasteiger partial charge >= 0.3 is 0 Å².